The van der Waals surface area contributed by atoms with Gasteiger partial charge in [0.2, 0.25) is 11.6 Å². The predicted octanol–water partition coefficient (Wildman–Crippen LogP) is -2.79. The van der Waals surface area contributed by atoms with Crippen molar-refractivity contribution in [1.82, 2.24) is 19.7 Å². The van der Waals surface area contributed by atoms with Crippen LogP contribution in [0.2, 0.25) is 0 Å². The van der Waals surface area contributed by atoms with E-state index in [2.05, 4.69) is 23.6 Å². The summed E-state index contributed by atoms with van der Waals surface area (Å²) in [4.78, 5) is 38.2. The molecule has 0 aliphatic carbocycles. The van der Waals surface area contributed by atoms with Crippen LogP contribution in [0, 0.1) is 0 Å². The number of nitrogen functional groups attached to an aromatic ring is 2. The predicted molar refractivity (Wildman–Crippen MR) is 101 cm³/mol. The Balaban J connectivity index is 1.98. The molecule has 1 saturated heterocycles. The van der Waals surface area contributed by atoms with Crippen LogP contribution in [0.3, 0.4) is 0 Å². The molecule has 20 nitrogen and oxygen atoms in total. The first-order valence-electron chi connectivity index (χ1n) is 8.31. The van der Waals surface area contributed by atoms with Gasteiger partial charge in [0.1, 0.15) is 24.6 Å². The molecule has 3 rings (SSSR count). The fourth-order valence-corrected chi connectivity index (χ4v) is 6.05. The van der Waals surface area contributed by atoms with E-state index in [1.54, 1.807) is 0 Å². The summed E-state index contributed by atoms with van der Waals surface area (Å²) in [6.45, 7) is -0.828. The van der Waals surface area contributed by atoms with E-state index in [1.165, 1.54) is 0 Å². The first-order valence-corrected chi connectivity index (χ1v) is 12.8. The summed E-state index contributed by atoms with van der Waals surface area (Å²) in [6.07, 6.45) is -6.53. The maximum atomic E-state index is 13.2. The lowest BCUT2D eigenvalue weighted by Crippen LogP contribution is -2.34. The zero-order valence-electron chi connectivity index (χ0n) is 15.8. The number of nitrogens with zero attached hydrogens (tertiary/aromatic N) is 4. The van der Waals surface area contributed by atoms with Crippen LogP contribution in [0.1, 0.15) is 0 Å². The van der Waals surface area contributed by atoms with Crippen LogP contribution in [-0.2, 0) is 31.6 Å². The summed E-state index contributed by atoms with van der Waals surface area (Å²) in [5.74, 6) is -0.652. The lowest BCUT2D eigenvalue weighted by molar-refractivity contribution is -0.127. The molecule has 10 N–H and O–H groups in total. The second-order valence-corrected chi connectivity index (χ2v) is 10.7. The summed E-state index contributed by atoms with van der Waals surface area (Å²) in [5, 5.41) is 28.9. The standard InChI is InChI=1S/C10H17N6O14P3/c11-7-4-8(15-10(12)14-7)16(2-13-4)28-33(25,30-32(23,24)29-31(20,21)22)27-9-6(19)5(18)3(1-17)26-9/h2-3,5-6,9,17-19H,1H2,(H,23,24)(H2,20,21,22)(H4,11,12,14,15)/t3-,5-,6-,9?,33?/m1/s1. The molecule has 33 heavy (non-hydrogen) atoms. The second kappa shape index (κ2) is 9.12. The van der Waals surface area contributed by atoms with Crippen LogP contribution in [-0.4, -0.2) is 80.9 Å². The Hall–Kier alpha value is -1.76. The Bertz CT molecular complexity index is 1170. The number of hydrogen-bond acceptors (Lipinski definition) is 16. The quantitative estimate of drug-likeness (QED) is 0.150. The normalized spacial score (nSPS) is 27.3. The number of hydrogen-bond donors (Lipinski definition) is 8. The molecule has 6 atom stereocenters. The number of aliphatic hydroxyl groups is 3. The highest BCUT2D eigenvalue weighted by atomic mass is 31.3. The molecule has 186 valence electrons. The molecule has 0 radical (unpaired) electrons. The number of phosphoric acid groups is 3. The minimum absolute atomic E-state index is 0.151. The Morgan fingerprint density at radius 2 is 1.76 bits per heavy atom. The first kappa shape index (κ1) is 25.9. The van der Waals surface area contributed by atoms with Crippen molar-refractivity contribution in [3.05, 3.63) is 6.33 Å². The van der Waals surface area contributed by atoms with E-state index in [1.807, 2.05) is 0 Å². The molecule has 1 aliphatic heterocycles. The minimum Gasteiger partial charge on any atom is -0.394 e. The number of ether oxygens (including phenoxy) is 1. The van der Waals surface area contributed by atoms with Gasteiger partial charge in [-0.1, -0.05) is 0 Å². The van der Waals surface area contributed by atoms with E-state index in [0.717, 1.165) is 6.33 Å². The van der Waals surface area contributed by atoms with Gasteiger partial charge in [-0.15, -0.1) is 4.73 Å². The molecule has 0 amide bonds. The lowest BCUT2D eigenvalue weighted by Gasteiger charge is -2.23. The second-order valence-electron chi connectivity index (χ2n) is 6.17. The van der Waals surface area contributed by atoms with Gasteiger partial charge in [-0.2, -0.15) is 18.6 Å². The van der Waals surface area contributed by atoms with Crippen molar-refractivity contribution >= 4 is 46.4 Å². The topological polar surface area (TPSA) is 314 Å². The summed E-state index contributed by atoms with van der Waals surface area (Å²) in [6, 6.07) is 0. The Morgan fingerprint density at radius 1 is 1.09 bits per heavy atom. The molecule has 2 aromatic heterocycles. The highest BCUT2D eigenvalue weighted by Gasteiger charge is 2.51. The monoisotopic (exact) mass is 538 g/mol. The smallest absolute Gasteiger partial charge is 0.394 e. The molecule has 3 heterocycles. The van der Waals surface area contributed by atoms with Crippen molar-refractivity contribution in [3.63, 3.8) is 0 Å². The van der Waals surface area contributed by atoms with E-state index >= 15 is 0 Å². The molecule has 0 spiro atoms. The molecule has 1 fully saturated rings. The number of anilines is 2. The Labute approximate surface area is 182 Å². The van der Waals surface area contributed by atoms with Gasteiger partial charge in [0, 0.05) is 0 Å². The average molecular weight is 538 g/mol. The van der Waals surface area contributed by atoms with E-state index in [0.29, 0.717) is 4.73 Å². The number of rotatable bonds is 9. The van der Waals surface area contributed by atoms with Crippen molar-refractivity contribution in [2.45, 2.75) is 24.6 Å². The molecule has 2 aromatic rings. The van der Waals surface area contributed by atoms with Crippen LogP contribution in [0.15, 0.2) is 6.33 Å². The van der Waals surface area contributed by atoms with Crippen LogP contribution < -0.4 is 16.1 Å². The van der Waals surface area contributed by atoms with Crippen LogP contribution in [0.5, 0.6) is 0 Å². The fraction of sp³-hybridized carbons (Fsp3) is 0.500. The number of imidazole rings is 1. The van der Waals surface area contributed by atoms with Gasteiger partial charge >= 0.3 is 23.5 Å². The minimum atomic E-state index is -5.89. The van der Waals surface area contributed by atoms with Gasteiger partial charge in [0.15, 0.2) is 17.6 Å². The number of fused-ring (bicyclic) bond motifs is 1. The summed E-state index contributed by atoms with van der Waals surface area (Å²) < 4.78 is 58.9. The summed E-state index contributed by atoms with van der Waals surface area (Å²) >= 11 is 0. The highest BCUT2D eigenvalue weighted by Crippen LogP contribution is 2.67. The molecule has 3 unspecified atom stereocenters. The van der Waals surface area contributed by atoms with Gasteiger partial charge in [-0.05, 0) is 0 Å². The molecule has 0 aromatic carbocycles. The highest BCUT2D eigenvalue weighted by molar-refractivity contribution is 7.66. The Morgan fingerprint density at radius 3 is 2.33 bits per heavy atom. The number of aromatic nitrogens is 4. The van der Waals surface area contributed by atoms with Gasteiger partial charge in [0.25, 0.3) is 0 Å². The summed E-state index contributed by atoms with van der Waals surface area (Å²) in [7, 11) is -17.1. The SMILES string of the molecule is Nc1nc(N)c2ncn(OP(=O)(OC3O[C@H](CO)[C@@H](O)[C@H]3O)OP(=O)(O)OP(=O)(O)O)c2n1. The van der Waals surface area contributed by atoms with Gasteiger partial charge in [-0.25, -0.2) is 23.2 Å². The van der Waals surface area contributed by atoms with E-state index in [4.69, 9.17) is 40.2 Å². The zero-order valence-corrected chi connectivity index (χ0v) is 18.5. The van der Waals surface area contributed by atoms with Crippen LogP contribution >= 0.6 is 23.5 Å². The van der Waals surface area contributed by atoms with Gasteiger partial charge in [-0.3, -0.25) is 0 Å². The van der Waals surface area contributed by atoms with Crippen LogP contribution in [0.25, 0.3) is 11.2 Å². The molecule has 1 aliphatic rings. The van der Waals surface area contributed by atoms with E-state index in [9.17, 15) is 28.8 Å². The van der Waals surface area contributed by atoms with Gasteiger partial charge < -0.3 is 50.8 Å². The molecular formula is C10H17N6O14P3. The van der Waals surface area contributed by atoms with Crippen molar-refractivity contribution in [2.24, 2.45) is 0 Å². The largest absolute Gasteiger partial charge is 0.560 e. The van der Waals surface area contributed by atoms with Crippen molar-refractivity contribution in [3.8, 4) is 0 Å². The molecular weight excluding hydrogens is 521 g/mol. The van der Waals surface area contributed by atoms with E-state index < -0.39 is 60.6 Å². The molecule has 23 heteroatoms. The Kier molecular flexibility index (Phi) is 7.15. The van der Waals surface area contributed by atoms with E-state index in [-0.39, 0.29) is 17.0 Å². The van der Waals surface area contributed by atoms with Gasteiger partial charge in [0.05, 0.1) is 6.61 Å². The third-order valence-corrected chi connectivity index (χ3v) is 7.89. The number of nitrogens with two attached hydrogens (primary N) is 2. The third-order valence-electron chi connectivity index (χ3n) is 3.74. The fourth-order valence-electron chi connectivity index (χ4n) is 2.50. The van der Waals surface area contributed by atoms with Crippen LogP contribution in [0.4, 0.5) is 11.8 Å². The van der Waals surface area contributed by atoms with Crippen molar-refractivity contribution in [1.29, 1.82) is 0 Å². The van der Waals surface area contributed by atoms with Crippen molar-refractivity contribution in [2.75, 3.05) is 18.1 Å². The zero-order chi connectivity index (χ0) is 24.8. The maximum absolute atomic E-state index is 13.2. The average Bonchev–Trinajstić information content (AvgIpc) is 3.14. The number of aliphatic hydroxyl groups excluding tert-OH is 3. The summed E-state index contributed by atoms with van der Waals surface area (Å²) in [5.41, 5.74) is 10.6. The lowest BCUT2D eigenvalue weighted by atomic mass is 10.1. The maximum Gasteiger partial charge on any atom is 0.560 e. The molecule has 0 bridgehead atoms. The first-order chi connectivity index (χ1) is 15.1. The van der Waals surface area contributed by atoms with Crippen molar-refractivity contribution < 1.29 is 66.2 Å². The molecule has 0 saturated carbocycles. The third kappa shape index (κ3) is 6.03.